The van der Waals surface area contributed by atoms with Gasteiger partial charge in [0.2, 0.25) is 5.91 Å². The van der Waals surface area contributed by atoms with Crippen LogP contribution in [0.5, 0.6) is 0 Å². The van der Waals surface area contributed by atoms with Gasteiger partial charge in [-0.3, -0.25) is 20.2 Å². The third-order valence-electron chi connectivity index (χ3n) is 3.59. The summed E-state index contributed by atoms with van der Waals surface area (Å²) in [5, 5.41) is 18.9. The van der Waals surface area contributed by atoms with Gasteiger partial charge in [0.1, 0.15) is 17.9 Å². The lowest BCUT2D eigenvalue weighted by Gasteiger charge is -2.17. The molecule has 1 amide bonds. The van der Waals surface area contributed by atoms with Crippen LogP contribution in [-0.4, -0.2) is 63.2 Å². The van der Waals surface area contributed by atoms with E-state index < -0.39 is 66.8 Å². The number of alkyl halides is 3. The molecule has 1 aliphatic rings. The second kappa shape index (κ2) is 8.53. The molecule has 1 fully saturated rings. The molecular formula is C14H17F3N4O7. The van der Waals surface area contributed by atoms with Crippen LogP contribution in [0, 0.1) is 0 Å². The average Bonchev–Trinajstić information content (AvgIpc) is 2.97. The molecule has 0 radical (unpaired) electrons. The topological polar surface area (TPSA) is 152 Å². The number of hydrogen-bond acceptors (Lipinski definition) is 9. The van der Waals surface area contributed by atoms with Gasteiger partial charge in [0.05, 0.1) is 12.7 Å². The van der Waals surface area contributed by atoms with Crippen LogP contribution >= 0.6 is 0 Å². The van der Waals surface area contributed by atoms with Crippen LogP contribution in [-0.2, 0) is 14.3 Å². The summed E-state index contributed by atoms with van der Waals surface area (Å²) in [5.41, 5.74) is 2.59. The van der Waals surface area contributed by atoms with Crippen molar-refractivity contribution in [2.75, 3.05) is 18.6 Å². The van der Waals surface area contributed by atoms with Crippen LogP contribution < -0.4 is 16.5 Å². The Morgan fingerprint density at radius 3 is 2.68 bits per heavy atom. The van der Waals surface area contributed by atoms with Crippen molar-refractivity contribution in [1.29, 1.82) is 0 Å². The van der Waals surface area contributed by atoms with Crippen LogP contribution in [0.15, 0.2) is 11.0 Å². The minimum absolute atomic E-state index is 0.137. The summed E-state index contributed by atoms with van der Waals surface area (Å²) < 4.78 is 47.1. The van der Waals surface area contributed by atoms with Crippen molar-refractivity contribution in [3.8, 4) is 0 Å². The van der Waals surface area contributed by atoms with Crippen molar-refractivity contribution < 1.29 is 42.4 Å². The number of nitrogens with zero attached hydrogens (tertiary/aromatic N) is 2. The second-order valence-electron chi connectivity index (χ2n) is 5.81. The molecule has 1 aliphatic heterocycles. The maximum atomic E-state index is 12.3. The van der Waals surface area contributed by atoms with Crippen molar-refractivity contribution in [2.45, 2.75) is 38.0 Å². The van der Waals surface area contributed by atoms with E-state index in [4.69, 9.17) is 9.84 Å². The number of anilines is 1. The number of hydrogen-bond donors (Lipinski definition) is 4. The summed E-state index contributed by atoms with van der Waals surface area (Å²) in [6.45, 7) is -1.32. The van der Waals surface area contributed by atoms with E-state index in [9.17, 15) is 32.7 Å². The average molecular weight is 410 g/mol. The molecule has 14 heteroatoms. The summed E-state index contributed by atoms with van der Waals surface area (Å²) in [5.74, 6) is -2.64. The van der Waals surface area contributed by atoms with Gasteiger partial charge in [-0.1, -0.05) is 0 Å². The van der Waals surface area contributed by atoms with Gasteiger partial charge in [-0.05, 0) is 0 Å². The van der Waals surface area contributed by atoms with Gasteiger partial charge < -0.3 is 19.7 Å². The number of amides is 1. The maximum absolute atomic E-state index is 12.3. The standard InChI is InChI=1S/C14H17F3N4O7/c1-6(23)19-20-11-7(12(25)27-5-14(15,16)17)3-21(13(26)18-11)10-2-8(24)9(4-22)28-10/h3,8-10,22,24H,2,4-5H2,1H3,(H,19,23)(H,18,20,26)/t8-,9+,10+/m0/s1. The summed E-state index contributed by atoms with van der Waals surface area (Å²) in [7, 11) is 0. The predicted octanol–water partition coefficient (Wildman–Crippen LogP) is -0.934. The van der Waals surface area contributed by atoms with E-state index in [1.165, 1.54) is 0 Å². The zero-order chi connectivity index (χ0) is 21.1. The fourth-order valence-electron chi connectivity index (χ4n) is 2.34. The lowest BCUT2D eigenvalue weighted by molar-refractivity contribution is -0.161. The smallest absolute Gasteiger partial charge is 0.422 e. The number of carbonyl (C=O) groups is 2. The SMILES string of the molecule is CC(=O)NNc1nc(=O)n([C@H]2C[C@H](O)[C@@H](CO)O2)cc1C(=O)OCC(F)(F)F. The molecule has 1 saturated heterocycles. The highest BCUT2D eigenvalue weighted by Gasteiger charge is 2.36. The molecule has 2 heterocycles. The van der Waals surface area contributed by atoms with E-state index in [1.807, 2.05) is 5.43 Å². The molecule has 1 aromatic heterocycles. The van der Waals surface area contributed by atoms with Crippen LogP contribution in [0.25, 0.3) is 0 Å². The number of aliphatic hydroxyl groups is 2. The van der Waals surface area contributed by atoms with Crippen molar-refractivity contribution >= 4 is 17.7 Å². The molecule has 3 atom stereocenters. The Balaban J connectivity index is 2.36. The van der Waals surface area contributed by atoms with E-state index >= 15 is 0 Å². The van der Waals surface area contributed by atoms with Crippen LogP contribution in [0.4, 0.5) is 19.0 Å². The number of hydrazine groups is 1. The highest BCUT2D eigenvalue weighted by atomic mass is 19.4. The van der Waals surface area contributed by atoms with Crippen LogP contribution in [0.2, 0.25) is 0 Å². The fraction of sp³-hybridized carbons (Fsp3) is 0.571. The van der Waals surface area contributed by atoms with Gasteiger partial charge >= 0.3 is 17.8 Å². The van der Waals surface area contributed by atoms with Gasteiger partial charge in [-0.15, -0.1) is 0 Å². The first kappa shape index (κ1) is 21.6. The van der Waals surface area contributed by atoms with E-state index in [0.29, 0.717) is 0 Å². The Hall–Kier alpha value is -2.71. The third-order valence-corrected chi connectivity index (χ3v) is 3.59. The fourth-order valence-corrected chi connectivity index (χ4v) is 2.34. The van der Waals surface area contributed by atoms with Crippen LogP contribution in [0.3, 0.4) is 0 Å². The zero-order valence-corrected chi connectivity index (χ0v) is 14.4. The number of aromatic nitrogens is 2. The molecule has 0 aromatic carbocycles. The molecule has 0 spiro atoms. The predicted molar refractivity (Wildman–Crippen MR) is 83.9 cm³/mol. The van der Waals surface area contributed by atoms with E-state index in [1.54, 1.807) is 0 Å². The first-order valence-corrected chi connectivity index (χ1v) is 7.86. The Labute approximate surface area is 155 Å². The first-order chi connectivity index (χ1) is 13.0. The summed E-state index contributed by atoms with van der Waals surface area (Å²) in [6, 6.07) is 0. The molecule has 11 nitrogen and oxygen atoms in total. The van der Waals surface area contributed by atoms with E-state index in [0.717, 1.165) is 17.7 Å². The number of esters is 1. The highest BCUT2D eigenvalue weighted by molar-refractivity contribution is 5.94. The zero-order valence-electron chi connectivity index (χ0n) is 14.4. The maximum Gasteiger partial charge on any atom is 0.422 e. The molecule has 0 unspecified atom stereocenters. The highest BCUT2D eigenvalue weighted by Crippen LogP contribution is 2.28. The van der Waals surface area contributed by atoms with Gasteiger partial charge in [-0.2, -0.15) is 18.2 Å². The van der Waals surface area contributed by atoms with Gasteiger partial charge in [0, 0.05) is 19.5 Å². The van der Waals surface area contributed by atoms with Crippen molar-refractivity contribution in [1.82, 2.24) is 15.0 Å². The van der Waals surface area contributed by atoms with Gasteiger partial charge in [-0.25, -0.2) is 9.59 Å². The van der Waals surface area contributed by atoms with Crippen molar-refractivity contribution in [3.05, 3.63) is 22.2 Å². The van der Waals surface area contributed by atoms with Crippen molar-refractivity contribution in [2.24, 2.45) is 0 Å². The number of ether oxygens (including phenoxy) is 2. The van der Waals surface area contributed by atoms with Crippen molar-refractivity contribution in [3.63, 3.8) is 0 Å². The Bertz CT molecular complexity index is 798. The Morgan fingerprint density at radius 2 is 2.14 bits per heavy atom. The molecule has 2 rings (SSSR count). The molecule has 0 bridgehead atoms. The lowest BCUT2D eigenvalue weighted by Crippen LogP contribution is -2.34. The largest absolute Gasteiger partial charge is 0.452 e. The van der Waals surface area contributed by atoms with E-state index in [2.05, 4.69) is 15.1 Å². The Kier molecular flexibility index (Phi) is 6.58. The molecule has 28 heavy (non-hydrogen) atoms. The number of carbonyl (C=O) groups excluding carboxylic acids is 2. The molecule has 1 aromatic rings. The number of aliphatic hydroxyl groups excluding tert-OH is 2. The number of rotatable bonds is 6. The number of halogens is 3. The quantitative estimate of drug-likeness (QED) is 0.344. The number of nitrogens with one attached hydrogen (secondary N) is 2. The molecule has 4 N–H and O–H groups in total. The normalized spacial score (nSPS) is 22.0. The Morgan fingerprint density at radius 1 is 1.46 bits per heavy atom. The first-order valence-electron chi connectivity index (χ1n) is 7.86. The minimum atomic E-state index is -4.78. The molecule has 0 saturated carbocycles. The van der Waals surface area contributed by atoms with Gasteiger partial charge in [0.25, 0.3) is 0 Å². The molecule has 0 aliphatic carbocycles. The summed E-state index contributed by atoms with van der Waals surface area (Å²) in [6.07, 6.45) is -7.32. The van der Waals surface area contributed by atoms with Gasteiger partial charge in [0.15, 0.2) is 12.4 Å². The van der Waals surface area contributed by atoms with E-state index in [-0.39, 0.29) is 6.42 Å². The lowest BCUT2D eigenvalue weighted by atomic mass is 10.2. The second-order valence-corrected chi connectivity index (χ2v) is 5.81. The summed E-state index contributed by atoms with van der Waals surface area (Å²) in [4.78, 5) is 38.8. The molecular weight excluding hydrogens is 393 g/mol. The minimum Gasteiger partial charge on any atom is -0.452 e. The van der Waals surface area contributed by atoms with Crippen LogP contribution in [0.1, 0.15) is 29.9 Å². The molecule has 156 valence electrons. The third kappa shape index (κ3) is 5.40. The summed E-state index contributed by atoms with van der Waals surface area (Å²) >= 11 is 0. The monoisotopic (exact) mass is 410 g/mol.